The number of hydrogen-bond donors (Lipinski definition) is 1. The van der Waals surface area contributed by atoms with E-state index in [0.29, 0.717) is 12.7 Å². The summed E-state index contributed by atoms with van der Waals surface area (Å²) in [5.74, 6) is -1.93. The SMILES string of the molecule is CCCn1cnc(C(F)(F)F)c(C(=O)O)c1=O. The van der Waals surface area contributed by atoms with Crippen LogP contribution in [0.1, 0.15) is 29.4 Å². The molecule has 1 heterocycles. The van der Waals surface area contributed by atoms with Gasteiger partial charge in [-0.05, 0) is 6.42 Å². The van der Waals surface area contributed by atoms with Gasteiger partial charge in [0, 0.05) is 6.54 Å². The maximum absolute atomic E-state index is 12.4. The molecule has 0 unspecified atom stereocenters. The summed E-state index contributed by atoms with van der Waals surface area (Å²) in [4.78, 5) is 25.2. The van der Waals surface area contributed by atoms with Crippen molar-refractivity contribution in [1.29, 1.82) is 0 Å². The van der Waals surface area contributed by atoms with Crippen molar-refractivity contribution >= 4 is 5.97 Å². The van der Waals surface area contributed by atoms with Crippen molar-refractivity contribution in [2.75, 3.05) is 0 Å². The van der Waals surface area contributed by atoms with Crippen molar-refractivity contribution in [1.82, 2.24) is 9.55 Å². The first-order valence-electron chi connectivity index (χ1n) is 4.69. The highest BCUT2D eigenvalue weighted by atomic mass is 19.4. The van der Waals surface area contributed by atoms with E-state index in [1.807, 2.05) is 0 Å². The van der Waals surface area contributed by atoms with Crippen molar-refractivity contribution in [3.05, 3.63) is 27.9 Å². The molecule has 0 aliphatic rings. The minimum absolute atomic E-state index is 0.115. The highest BCUT2D eigenvalue weighted by Gasteiger charge is 2.39. The van der Waals surface area contributed by atoms with E-state index in [0.717, 1.165) is 4.57 Å². The Kier molecular flexibility index (Phi) is 3.54. The molecule has 0 bridgehead atoms. The second kappa shape index (κ2) is 4.56. The molecule has 0 saturated heterocycles. The third kappa shape index (κ3) is 2.63. The number of nitrogens with zero attached hydrogens (tertiary/aromatic N) is 2. The smallest absolute Gasteiger partial charge is 0.434 e. The molecule has 0 aliphatic carbocycles. The van der Waals surface area contributed by atoms with Crippen LogP contribution in [0.15, 0.2) is 11.1 Å². The van der Waals surface area contributed by atoms with E-state index >= 15 is 0 Å². The van der Waals surface area contributed by atoms with Gasteiger partial charge in [-0.2, -0.15) is 13.2 Å². The van der Waals surface area contributed by atoms with E-state index in [1.54, 1.807) is 6.92 Å². The van der Waals surface area contributed by atoms with E-state index < -0.39 is 29.0 Å². The fourth-order valence-corrected chi connectivity index (χ4v) is 1.30. The van der Waals surface area contributed by atoms with E-state index in [4.69, 9.17) is 5.11 Å². The summed E-state index contributed by atoms with van der Waals surface area (Å²) in [6.45, 7) is 1.81. The number of carboxylic acids is 1. The first-order valence-corrected chi connectivity index (χ1v) is 4.69. The minimum Gasteiger partial charge on any atom is -0.477 e. The van der Waals surface area contributed by atoms with Gasteiger partial charge in [-0.15, -0.1) is 0 Å². The number of aromatic carboxylic acids is 1. The van der Waals surface area contributed by atoms with E-state index in [2.05, 4.69) is 4.98 Å². The first-order chi connectivity index (χ1) is 7.79. The number of carboxylic acid groups (broad SMARTS) is 1. The maximum Gasteiger partial charge on any atom is 0.434 e. The van der Waals surface area contributed by atoms with Crippen LogP contribution in [0.3, 0.4) is 0 Å². The molecule has 0 aromatic carbocycles. The Labute approximate surface area is 93.5 Å². The third-order valence-electron chi connectivity index (χ3n) is 1.98. The van der Waals surface area contributed by atoms with Gasteiger partial charge in [0.05, 0.1) is 6.33 Å². The van der Waals surface area contributed by atoms with Crippen LogP contribution >= 0.6 is 0 Å². The highest BCUT2D eigenvalue weighted by molar-refractivity contribution is 5.88. The molecule has 0 radical (unpaired) electrons. The molecular formula is C9H9F3N2O3. The second-order valence-corrected chi connectivity index (χ2v) is 3.27. The summed E-state index contributed by atoms with van der Waals surface area (Å²) in [7, 11) is 0. The van der Waals surface area contributed by atoms with Gasteiger partial charge in [0.2, 0.25) is 0 Å². The molecule has 5 nitrogen and oxygen atoms in total. The largest absolute Gasteiger partial charge is 0.477 e. The zero-order valence-corrected chi connectivity index (χ0v) is 8.78. The lowest BCUT2D eigenvalue weighted by molar-refractivity contribution is -0.142. The fraction of sp³-hybridized carbons (Fsp3) is 0.444. The fourth-order valence-electron chi connectivity index (χ4n) is 1.30. The molecule has 0 spiro atoms. The van der Waals surface area contributed by atoms with Crippen LogP contribution in [0.5, 0.6) is 0 Å². The van der Waals surface area contributed by atoms with Crippen LogP contribution in [-0.2, 0) is 12.7 Å². The molecule has 0 aliphatic heterocycles. The quantitative estimate of drug-likeness (QED) is 0.879. The normalized spacial score (nSPS) is 11.5. The topological polar surface area (TPSA) is 72.2 Å². The van der Waals surface area contributed by atoms with Gasteiger partial charge >= 0.3 is 12.1 Å². The molecular weight excluding hydrogens is 241 g/mol. The lowest BCUT2D eigenvalue weighted by atomic mass is 10.2. The highest BCUT2D eigenvalue weighted by Crippen LogP contribution is 2.28. The van der Waals surface area contributed by atoms with Gasteiger partial charge in [-0.1, -0.05) is 6.92 Å². The Hall–Kier alpha value is -1.86. The Balaban J connectivity index is 3.52. The number of hydrogen-bond acceptors (Lipinski definition) is 3. The van der Waals surface area contributed by atoms with Crippen LogP contribution in [0.25, 0.3) is 0 Å². The van der Waals surface area contributed by atoms with Crippen molar-refractivity contribution < 1.29 is 23.1 Å². The van der Waals surface area contributed by atoms with Gasteiger partial charge in [0.1, 0.15) is 0 Å². The Morgan fingerprint density at radius 2 is 2.12 bits per heavy atom. The molecule has 1 aromatic rings. The van der Waals surface area contributed by atoms with E-state index in [9.17, 15) is 22.8 Å². The number of aryl methyl sites for hydroxylation is 1. The van der Waals surface area contributed by atoms with Crippen LogP contribution in [0.2, 0.25) is 0 Å². The van der Waals surface area contributed by atoms with Gasteiger partial charge in [0.15, 0.2) is 11.3 Å². The lowest BCUT2D eigenvalue weighted by Gasteiger charge is -2.10. The molecule has 17 heavy (non-hydrogen) atoms. The number of rotatable bonds is 3. The number of alkyl halides is 3. The third-order valence-corrected chi connectivity index (χ3v) is 1.98. The summed E-state index contributed by atoms with van der Waals surface area (Å²) in [5, 5.41) is 8.65. The van der Waals surface area contributed by atoms with Crippen molar-refractivity contribution in [3.63, 3.8) is 0 Å². The number of carbonyl (C=O) groups is 1. The molecule has 1 N–H and O–H groups in total. The zero-order chi connectivity index (χ0) is 13.2. The van der Waals surface area contributed by atoms with Crippen molar-refractivity contribution in [3.8, 4) is 0 Å². The van der Waals surface area contributed by atoms with Crippen LogP contribution in [0.4, 0.5) is 13.2 Å². The Bertz CT molecular complexity index is 493. The Morgan fingerprint density at radius 3 is 2.53 bits per heavy atom. The first kappa shape index (κ1) is 13.2. The zero-order valence-electron chi connectivity index (χ0n) is 8.78. The summed E-state index contributed by atoms with van der Waals surface area (Å²) in [6, 6.07) is 0. The second-order valence-electron chi connectivity index (χ2n) is 3.27. The molecule has 0 saturated carbocycles. The minimum atomic E-state index is -4.96. The van der Waals surface area contributed by atoms with Gasteiger partial charge in [0.25, 0.3) is 5.56 Å². The average Bonchev–Trinajstić information content (AvgIpc) is 2.18. The monoisotopic (exact) mass is 250 g/mol. The predicted octanol–water partition coefficient (Wildman–Crippen LogP) is 1.37. The molecule has 1 aromatic heterocycles. The van der Waals surface area contributed by atoms with Gasteiger partial charge < -0.3 is 5.11 Å². The summed E-state index contributed by atoms with van der Waals surface area (Å²) >= 11 is 0. The average molecular weight is 250 g/mol. The summed E-state index contributed by atoms with van der Waals surface area (Å²) < 4.78 is 38.1. The Morgan fingerprint density at radius 1 is 1.53 bits per heavy atom. The molecule has 1 rings (SSSR count). The van der Waals surface area contributed by atoms with E-state index in [1.165, 1.54) is 0 Å². The standard InChI is InChI=1S/C9H9F3N2O3/c1-2-3-14-4-13-6(9(10,11)12)5(7(14)15)8(16)17/h4H,2-3H2,1H3,(H,16,17). The molecule has 8 heteroatoms. The maximum atomic E-state index is 12.4. The number of aromatic nitrogens is 2. The number of halogens is 3. The summed E-state index contributed by atoms with van der Waals surface area (Å²) in [5.41, 5.74) is -4.20. The van der Waals surface area contributed by atoms with Crippen LogP contribution < -0.4 is 5.56 Å². The summed E-state index contributed by atoms with van der Waals surface area (Å²) in [6.07, 6.45) is -3.77. The van der Waals surface area contributed by atoms with E-state index in [-0.39, 0.29) is 6.54 Å². The predicted molar refractivity (Wildman–Crippen MR) is 50.7 cm³/mol. The molecule has 0 fully saturated rings. The molecule has 0 amide bonds. The van der Waals surface area contributed by atoms with Crippen LogP contribution in [0, 0.1) is 0 Å². The van der Waals surface area contributed by atoms with Gasteiger partial charge in [-0.3, -0.25) is 9.36 Å². The van der Waals surface area contributed by atoms with Gasteiger partial charge in [-0.25, -0.2) is 9.78 Å². The van der Waals surface area contributed by atoms with Crippen LogP contribution in [-0.4, -0.2) is 20.6 Å². The molecule has 0 atom stereocenters. The van der Waals surface area contributed by atoms with Crippen molar-refractivity contribution in [2.45, 2.75) is 26.1 Å². The lowest BCUT2D eigenvalue weighted by Crippen LogP contribution is -2.31. The van der Waals surface area contributed by atoms with Crippen molar-refractivity contribution in [2.24, 2.45) is 0 Å². The molecule has 94 valence electrons.